The summed E-state index contributed by atoms with van der Waals surface area (Å²) in [4.78, 5) is 31.3. The fraction of sp³-hybridized carbons (Fsp3) is 0.348. The second kappa shape index (κ2) is 7.83. The van der Waals surface area contributed by atoms with Crippen molar-refractivity contribution in [2.75, 3.05) is 31.9 Å². The Hall–Kier alpha value is -3.59. The van der Waals surface area contributed by atoms with Gasteiger partial charge in [-0.05, 0) is 32.0 Å². The number of rotatable bonds is 3. The van der Waals surface area contributed by atoms with Crippen molar-refractivity contribution in [3.63, 3.8) is 0 Å². The highest BCUT2D eigenvalue weighted by Crippen LogP contribution is 2.24. The van der Waals surface area contributed by atoms with E-state index >= 15 is 0 Å². The van der Waals surface area contributed by atoms with Crippen LogP contribution in [0.25, 0.3) is 21.9 Å². The Labute approximate surface area is 185 Å². The van der Waals surface area contributed by atoms with Crippen molar-refractivity contribution in [2.45, 2.75) is 20.4 Å². The molecule has 1 saturated heterocycles. The number of carbonyl (C=O) groups is 1. The van der Waals surface area contributed by atoms with Crippen molar-refractivity contribution >= 4 is 33.7 Å². The van der Waals surface area contributed by atoms with Crippen LogP contribution in [0.5, 0.6) is 0 Å². The second-order valence-corrected chi connectivity index (χ2v) is 8.33. The average Bonchev–Trinajstić information content (AvgIpc) is 3.06. The minimum Gasteiger partial charge on any atom is -0.383 e. The van der Waals surface area contributed by atoms with Gasteiger partial charge in [-0.3, -0.25) is 14.4 Å². The Morgan fingerprint density at radius 2 is 1.81 bits per heavy atom. The van der Waals surface area contributed by atoms with Crippen molar-refractivity contribution < 1.29 is 4.79 Å². The summed E-state index contributed by atoms with van der Waals surface area (Å²) in [5.74, 6) is 1.24. The highest BCUT2D eigenvalue weighted by atomic mass is 16.2. The molecule has 164 valence electrons. The number of pyridine rings is 1. The smallest absolute Gasteiger partial charge is 0.254 e. The van der Waals surface area contributed by atoms with Gasteiger partial charge in [-0.1, -0.05) is 12.1 Å². The zero-order valence-electron chi connectivity index (χ0n) is 18.5. The molecule has 0 atom stereocenters. The highest BCUT2D eigenvalue weighted by molar-refractivity contribution is 6.06. The lowest BCUT2D eigenvalue weighted by atomic mass is 10.1. The van der Waals surface area contributed by atoms with Crippen LogP contribution < -0.4 is 5.73 Å². The first-order valence-electron chi connectivity index (χ1n) is 10.7. The first-order chi connectivity index (χ1) is 15.4. The molecule has 5 rings (SSSR count). The largest absolute Gasteiger partial charge is 0.383 e. The predicted molar refractivity (Wildman–Crippen MR) is 123 cm³/mol. The number of fused-ring (bicyclic) bond motifs is 2. The van der Waals surface area contributed by atoms with Gasteiger partial charge in [-0.15, -0.1) is 0 Å². The average molecular weight is 431 g/mol. The van der Waals surface area contributed by atoms with E-state index in [1.807, 2.05) is 56.1 Å². The molecule has 1 aromatic carbocycles. The molecule has 1 aliphatic heterocycles. The fourth-order valence-corrected chi connectivity index (χ4v) is 4.44. The minimum absolute atomic E-state index is 0.0300. The third-order valence-corrected chi connectivity index (χ3v) is 6.03. The number of aryl methyl sites for hydroxylation is 3. The van der Waals surface area contributed by atoms with Crippen molar-refractivity contribution in [2.24, 2.45) is 7.05 Å². The zero-order valence-corrected chi connectivity index (χ0v) is 18.5. The lowest BCUT2D eigenvalue weighted by Gasteiger charge is -2.34. The number of hydrogen-bond acceptors (Lipinski definition) is 7. The first-order valence-corrected chi connectivity index (χ1v) is 10.7. The first kappa shape index (κ1) is 20.3. The predicted octanol–water partition coefficient (Wildman–Crippen LogP) is 2.07. The summed E-state index contributed by atoms with van der Waals surface area (Å²) in [6.45, 7) is 7.22. The van der Waals surface area contributed by atoms with Crippen LogP contribution in [0, 0.1) is 13.8 Å². The Morgan fingerprint density at radius 1 is 1.06 bits per heavy atom. The molecule has 3 aromatic heterocycles. The van der Waals surface area contributed by atoms with Crippen LogP contribution in [0.15, 0.2) is 30.3 Å². The van der Waals surface area contributed by atoms with Crippen LogP contribution in [0.4, 0.5) is 5.82 Å². The maximum atomic E-state index is 13.4. The maximum absolute atomic E-state index is 13.4. The third kappa shape index (κ3) is 3.54. The highest BCUT2D eigenvalue weighted by Gasteiger charge is 2.26. The molecule has 0 saturated carbocycles. The molecule has 32 heavy (non-hydrogen) atoms. The van der Waals surface area contributed by atoms with Gasteiger partial charge in [-0.2, -0.15) is 5.10 Å². The van der Waals surface area contributed by atoms with Gasteiger partial charge in [0.2, 0.25) is 0 Å². The molecule has 1 amide bonds. The molecule has 0 aliphatic carbocycles. The SMILES string of the molecule is Cc1cc(C(=O)N2CCN(Cc3nc(N)c4ccccc4n3)CC2)c2c(C)nn(C)c2n1. The number of benzene rings is 1. The topological polar surface area (TPSA) is 106 Å². The number of hydrogen-bond donors (Lipinski definition) is 1. The van der Waals surface area contributed by atoms with Crippen molar-refractivity contribution in [1.29, 1.82) is 0 Å². The van der Waals surface area contributed by atoms with E-state index < -0.39 is 0 Å². The van der Waals surface area contributed by atoms with Gasteiger partial charge in [0.25, 0.3) is 5.91 Å². The number of para-hydroxylation sites is 1. The normalized spacial score (nSPS) is 15.0. The molecule has 0 unspecified atom stereocenters. The molecule has 0 radical (unpaired) electrons. The van der Waals surface area contributed by atoms with E-state index in [4.69, 9.17) is 5.73 Å². The molecule has 1 fully saturated rings. The third-order valence-electron chi connectivity index (χ3n) is 6.03. The summed E-state index contributed by atoms with van der Waals surface area (Å²) in [6.07, 6.45) is 0. The Bertz CT molecular complexity index is 1340. The number of aromatic nitrogens is 5. The fourth-order valence-electron chi connectivity index (χ4n) is 4.44. The van der Waals surface area contributed by atoms with Crippen LogP contribution in [0.1, 0.15) is 27.6 Å². The summed E-state index contributed by atoms with van der Waals surface area (Å²) < 4.78 is 1.74. The van der Waals surface area contributed by atoms with E-state index in [0.717, 1.165) is 46.4 Å². The zero-order chi connectivity index (χ0) is 22.4. The van der Waals surface area contributed by atoms with Gasteiger partial charge in [0.15, 0.2) is 5.65 Å². The molecule has 2 N–H and O–H groups in total. The van der Waals surface area contributed by atoms with Crippen LogP contribution >= 0.6 is 0 Å². The van der Waals surface area contributed by atoms with Crippen molar-refractivity contribution in [3.05, 3.63) is 53.1 Å². The number of anilines is 1. The number of piperazine rings is 1. The minimum atomic E-state index is 0.0300. The lowest BCUT2D eigenvalue weighted by molar-refractivity contribution is 0.0627. The van der Waals surface area contributed by atoms with E-state index in [-0.39, 0.29) is 5.91 Å². The van der Waals surface area contributed by atoms with Gasteiger partial charge in [0.1, 0.15) is 11.6 Å². The second-order valence-electron chi connectivity index (χ2n) is 8.33. The monoisotopic (exact) mass is 430 g/mol. The Balaban J connectivity index is 1.31. The molecule has 4 heterocycles. The number of nitrogens with zero attached hydrogens (tertiary/aromatic N) is 7. The van der Waals surface area contributed by atoms with Gasteiger partial charge >= 0.3 is 0 Å². The van der Waals surface area contributed by atoms with Crippen molar-refractivity contribution in [1.82, 2.24) is 34.5 Å². The molecule has 9 heteroatoms. The van der Waals surface area contributed by atoms with E-state index in [2.05, 4.69) is 25.0 Å². The maximum Gasteiger partial charge on any atom is 0.254 e. The van der Waals surface area contributed by atoms with Crippen LogP contribution in [-0.4, -0.2) is 66.6 Å². The summed E-state index contributed by atoms with van der Waals surface area (Å²) in [7, 11) is 1.86. The summed E-state index contributed by atoms with van der Waals surface area (Å²) in [5, 5.41) is 6.17. The van der Waals surface area contributed by atoms with Gasteiger partial charge in [0, 0.05) is 44.3 Å². The molecule has 1 aliphatic rings. The van der Waals surface area contributed by atoms with Gasteiger partial charge < -0.3 is 10.6 Å². The number of amides is 1. The van der Waals surface area contributed by atoms with Crippen LogP contribution in [0.3, 0.4) is 0 Å². The molecule has 9 nitrogen and oxygen atoms in total. The van der Waals surface area contributed by atoms with E-state index in [1.165, 1.54) is 0 Å². The van der Waals surface area contributed by atoms with E-state index in [1.54, 1.807) is 4.68 Å². The number of nitrogens with two attached hydrogens (primary N) is 1. The Kier molecular flexibility index (Phi) is 4.97. The van der Waals surface area contributed by atoms with Crippen LogP contribution in [0.2, 0.25) is 0 Å². The molecular formula is C23H26N8O. The number of nitrogen functional groups attached to an aromatic ring is 1. The van der Waals surface area contributed by atoms with E-state index in [0.29, 0.717) is 36.8 Å². The lowest BCUT2D eigenvalue weighted by Crippen LogP contribution is -2.48. The quantitative estimate of drug-likeness (QED) is 0.530. The molecular weight excluding hydrogens is 404 g/mol. The standard InChI is InChI=1S/C23H26N8O/c1-14-12-17(20-15(2)28-29(3)22(20)25-14)23(32)31-10-8-30(9-11-31)13-19-26-18-7-5-4-6-16(18)21(24)27-19/h4-7,12H,8-11,13H2,1-3H3,(H2,24,26,27). The molecule has 0 bridgehead atoms. The van der Waals surface area contributed by atoms with Gasteiger partial charge in [0.05, 0.1) is 28.7 Å². The summed E-state index contributed by atoms with van der Waals surface area (Å²) in [6, 6.07) is 9.64. The molecule has 4 aromatic rings. The molecule has 0 spiro atoms. The Morgan fingerprint density at radius 3 is 2.59 bits per heavy atom. The number of carbonyl (C=O) groups excluding carboxylic acids is 1. The van der Waals surface area contributed by atoms with Crippen LogP contribution in [-0.2, 0) is 13.6 Å². The van der Waals surface area contributed by atoms with Gasteiger partial charge in [-0.25, -0.2) is 15.0 Å². The van der Waals surface area contributed by atoms with E-state index in [9.17, 15) is 4.79 Å². The summed E-state index contributed by atoms with van der Waals surface area (Å²) in [5.41, 5.74) is 10.0. The summed E-state index contributed by atoms with van der Waals surface area (Å²) >= 11 is 0. The van der Waals surface area contributed by atoms with Crippen molar-refractivity contribution in [3.8, 4) is 0 Å².